The monoisotopic (exact) mass is 499 g/mol. The van der Waals surface area contributed by atoms with Gasteiger partial charge in [-0.3, -0.25) is 9.59 Å². The molecule has 0 bridgehead atoms. The summed E-state index contributed by atoms with van der Waals surface area (Å²) in [5.74, 6) is -1.13. The summed E-state index contributed by atoms with van der Waals surface area (Å²) in [7, 11) is 3.00. The average Bonchev–Trinajstić information content (AvgIpc) is 2.87. The van der Waals surface area contributed by atoms with Crippen LogP contribution in [0.4, 0.5) is 4.79 Å². The summed E-state index contributed by atoms with van der Waals surface area (Å²) < 4.78 is 16.0. The van der Waals surface area contributed by atoms with Crippen molar-refractivity contribution in [2.45, 2.75) is 58.2 Å². The van der Waals surface area contributed by atoms with Gasteiger partial charge in [0, 0.05) is 14.2 Å². The molecule has 0 aliphatic heterocycles. The zero-order chi connectivity index (χ0) is 26.5. The van der Waals surface area contributed by atoms with Gasteiger partial charge in [0.05, 0.1) is 6.04 Å². The quantitative estimate of drug-likeness (QED) is 0.365. The van der Waals surface area contributed by atoms with Gasteiger partial charge in [0.1, 0.15) is 18.7 Å². The first-order valence-corrected chi connectivity index (χ1v) is 11.9. The maximum Gasteiger partial charge on any atom is 0.408 e. The number of benzene rings is 2. The molecule has 0 saturated carbocycles. The van der Waals surface area contributed by atoms with Crippen LogP contribution >= 0.6 is 0 Å². The number of hydrogen-bond acceptors (Lipinski definition) is 6. The summed E-state index contributed by atoms with van der Waals surface area (Å²) in [4.78, 5) is 38.2. The normalized spacial score (nSPS) is 13.5. The van der Waals surface area contributed by atoms with Gasteiger partial charge in [-0.05, 0) is 30.4 Å². The van der Waals surface area contributed by atoms with E-state index in [0.717, 1.165) is 11.1 Å². The van der Waals surface area contributed by atoms with E-state index >= 15 is 0 Å². The number of methoxy groups -OCH3 is 2. The third kappa shape index (κ3) is 9.31. The van der Waals surface area contributed by atoms with Gasteiger partial charge in [-0.15, -0.1) is 0 Å². The summed E-state index contributed by atoms with van der Waals surface area (Å²) in [5.41, 5.74) is 1.83. The minimum Gasteiger partial charge on any atom is -0.445 e. The maximum absolute atomic E-state index is 12.9. The molecular formula is C27H37N3O6. The van der Waals surface area contributed by atoms with Gasteiger partial charge in [0.2, 0.25) is 11.8 Å². The first kappa shape index (κ1) is 28.8. The molecule has 2 rings (SSSR count). The molecule has 3 atom stereocenters. The van der Waals surface area contributed by atoms with E-state index in [0.29, 0.717) is 6.42 Å². The minimum atomic E-state index is -0.880. The molecule has 0 heterocycles. The van der Waals surface area contributed by atoms with Crippen LogP contribution in [0.3, 0.4) is 0 Å². The number of carbonyl (C=O) groups is 3. The van der Waals surface area contributed by atoms with E-state index in [1.54, 1.807) is 20.8 Å². The Morgan fingerprint density at radius 2 is 1.31 bits per heavy atom. The molecule has 2 aromatic rings. The van der Waals surface area contributed by atoms with Gasteiger partial charge in [0.25, 0.3) is 0 Å². The van der Waals surface area contributed by atoms with E-state index in [-0.39, 0.29) is 12.5 Å². The van der Waals surface area contributed by atoms with Crippen molar-refractivity contribution in [3.63, 3.8) is 0 Å². The second kappa shape index (κ2) is 14.9. The Bertz CT molecular complexity index is 950. The van der Waals surface area contributed by atoms with E-state index < -0.39 is 42.3 Å². The van der Waals surface area contributed by atoms with Crippen LogP contribution < -0.4 is 16.0 Å². The van der Waals surface area contributed by atoms with Crippen molar-refractivity contribution in [1.82, 2.24) is 16.0 Å². The summed E-state index contributed by atoms with van der Waals surface area (Å²) in [6, 6.07) is 16.6. The lowest BCUT2D eigenvalue weighted by atomic mass is 10.0. The van der Waals surface area contributed by atoms with Crippen LogP contribution in [0.25, 0.3) is 0 Å². The highest BCUT2D eigenvalue weighted by molar-refractivity contribution is 5.91. The van der Waals surface area contributed by atoms with Crippen molar-refractivity contribution in [3.05, 3.63) is 71.8 Å². The summed E-state index contributed by atoms with van der Waals surface area (Å²) in [6.45, 7) is 5.25. The van der Waals surface area contributed by atoms with Crippen molar-refractivity contribution in [3.8, 4) is 0 Å². The predicted octanol–water partition coefficient (Wildman–Crippen LogP) is 2.79. The average molecular weight is 500 g/mol. The van der Waals surface area contributed by atoms with E-state index in [4.69, 9.17) is 14.2 Å². The van der Waals surface area contributed by atoms with Crippen molar-refractivity contribution >= 4 is 17.9 Å². The summed E-state index contributed by atoms with van der Waals surface area (Å²) in [6.07, 6.45) is -0.916. The fourth-order valence-electron chi connectivity index (χ4n) is 3.61. The molecule has 0 fully saturated rings. The lowest BCUT2D eigenvalue weighted by molar-refractivity contribution is -0.140. The number of ether oxygens (including phenoxy) is 3. The van der Waals surface area contributed by atoms with Crippen molar-refractivity contribution in [2.24, 2.45) is 5.92 Å². The Hall–Kier alpha value is -3.43. The molecule has 9 nitrogen and oxygen atoms in total. The Kier molecular flexibility index (Phi) is 11.9. The van der Waals surface area contributed by atoms with E-state index in [1.165, 1.54) is 14.2 Å². The van der Waals surface area contributed by atoms with E-state index in [9.17, 15) is 14.4 Å². The molecule has 0 aliphatic carbocycles. The van der Waals surface area contributed by atoms with Crippen LogP contribution in [0.1, 0.15) is 31.9 Å². The molecule has 0 spiro atoms. The third-order valence-electron chi connectivity index (χ3n) is 5.61. The molecule has 0 radical (unpaired) electrons. The Morgan fingerprint density at radius 1 is 0.750 bits per heavy atom. The first-order valence-electron chi connectivity index (χ1n) is 11.9. The van der Waals surface area contributed by atoms with Crippen LogP contribution in [0.5, 0.6) is 0 Å². The standard InChI is InChI=1S/C27H37N3O6/c1-18(2)23(30-27(33)36-17-21-14-10-7-11-15-21)25(32)28-19(3)24(31)29-22(26(34-4)35-5)16-20-12-8-6-9-13-20/h6-15,18-19,22-23,26H,16-17H2,1-5H3,(H,28,32)(H,29,31)(H,30,33)/t19-,22?,23-/m0/s1. The van der Waals surface area contributed by atoms with E-state index in [2.05, 4.69) is 16.0 Å². The van der Waals surface area contributed by atoms with Gasteiger partial charge >= 0.3 is 6.09 Å². The molecule has 9 heteroatoms. The highest BCUT2D eigenvalue weighted by Crippen LogP contribution is 2.10. The van der Waals surface area contributed by atoms with Gasteiger partial charge in [-0.1, -0.05) is 74.5 Å². The first-order chi connectivity index (χ1) is 17.2. The second-order valence-corrected chi connectivity index (χ2v) is 8.80. The van der Waals surface area contributed by atoms with Gasteiger partial charge in [0.15, 0.2) is 6.29 Å². The van der Waals surface area contributed by atoms with Crippen molar-refractivity contribution < 1.29 is 28.6 Å². The van der Waals surface area contributed by atoms with Crippen LogP contribution in [0, 0.1) is 5.92 Å². The summed E-state index contributed by atoms with van der Waals surface area (Å²) >= 11 is 0. The molecule has 0 aromatic heterocycles. The molecule has 0 aliphatic rings. The Morgan fingerprint density at radius 3 is 1.83 bits per heavy atom. The Balaban J connectivity index is 1.96. The van der Waals surface area contributed by atoms with Gasteiger partial charge in [-0.2, -0.15) is 0 Å². The largest absolute Gasteiger partial charge is 0.445 e. The predicted molar refractivity (Wildman–Crippen MR) is 136 cm³/mol. The number of amides is 3. The molecule has 0 saturated heterocycles. The number of alkyl carbamates (subject to hydrolysis) is 1. The molecule has 3 N–H and O–H groups in total. The van der Waals surface area contributed by atoms with Crippen LogP contribution in [-0.4, -0.2) is 56.5 Å². The second-order valence-electron chi connectivity index (χ2n) is 8.80. The lowest BCUT2D eigenvalue weighted by Gasteiger charge is -2.28. The van der Waals surface area contributed by atoms with Gasteiger partial charge < -0.3 is 30.2 Å². The van der Waals surface area contributed by atoms with E-state index in [1.807, 2.05) is 60.7 Å². The molecule has 2 aromatic carbocycles. The summed E-state index contributed by atoms with van der Waals surface area (Å²) in [5, 5.41) is 8.18. The smallest absolute Gasteiger partial charge is 0.408 e. The lowest BCUT2D eigenvalue weighted by Crippen LogP contribution is -2.57. The fourth-order valence-corrected chi connectivity index (χ4v) is 3.61. The van der Waals surface area contributed by atoms with Crippen LogP contribution in [0.15, 0.2) is 60.7 Å². The topological polar surface area (TPSA) is 115 Å². The van der Waals surface area contributed by atoms with Crippen molar-refractivity contribution in [2.75, 3.05) is 14.2 Å². The molecule has 1 unspecified atom stereocenters. The fraction of sp³-hybridized carbons (Fsp3) is 0.444. The van der Waals surface area contributed by atoms with Crippen LogP contribution in [0.2, 0.25) is 0 Å². The number of carbonyl (C=O) groups excluding carboxylic acids is 3. The number of rotatable bonds is 13. The highest BCUT2D eigenvalue weighted by Gasteiger charge is 2.30. The Labute approximate surface area is 212 Å². The zero-order valence-corrected chi connectivity index (χ0v) is 21.5. The minimum absolute atomic E-state index is 0.0842. The number of hydrogen-bond donors (Lipinski definition) is 3. The molecule has 36 heavy (non-hydrogen) atoms. The molecule has 196 valence electrons. The van der Waals surface area contributed by atoms with Crippen molar-refractivity contribution in [1.29, 1.82) is 0 Å². The van der Waals surface area contributed by atoms with Crippen LogP contribution in [-0.2, 0) is 36.8 Å². The third-order valence-corrected chi connectivity index (χ3v) is 5.61. The van der Waals surface area contributed by atoms with Gasteiger partial charge in [-0.25, -0.2) is 4.79 Å². The SMILES string of the molecule is COC(OC)C(Cc1ccccc1)NC(=O)[C@H](C)NC(=O)[C@@H](NC(=O)OCc1ccccc1)C(C)C. The molecule has 3 amide bonds. The molecular weight excluding hydrogens is 462 g/mol. The highest BCUT2D eigenvalue weighted by atomic mass is 16.7. The zero-order valence-electron chi connectivity index (χ0n) is 21.5. The maximum atomic E-state index is 12.9. The number of nitrogens with one attached hydrogen (secondary N) is 3.